The standard InChI is InChI=1S/C19H28N2O3S/c1-19(2,3)15-5-7-16(8-6-15)20(4)17(22)13-25-14-18(23)21-9-11-24-12-10-21/h5-8H,9-14H2,1-4H3. The van der Waals surface area contributed by atoms with E-state index in [1.807, 2.05) is 12.1 Å². The summed E-state index contributed by atoms with van der Waals surface area (Å²) in [5.41, 5.74) is 2.21. The fourth-order valence-electron chi connectivity index (χ4n) is 2.56. The molecular formula is C19H28N2O3S. The van der Waals surface area contributed by atoms with Crippen LogP contribution in [0.3, 0.4) is 0 Å². The SMILES string of the molecule is CN(C(=O)CSCC(=O)N1CCOCC1)c1ccc(C(C)(C)C)cc1. The van der Waals surface area contributed by atoms with E-state index in [4.69, 9.17) is 4.74 Å². The average molecular weight is 365 g/mol. The minimum atomic E-state index is 0.00304. The van der Waals surface area contributed by atoms with Crippen LogP contribution in [-0.2, 0) is 19.7 Å². The minimum Gasteiger partial charge on any atom is -0.378 e. The number of thioether (sulfide) groups is 1. The third-order valence-corrected chi connectivity index (χ3v) is 5.21. The molecular weight excluding hydrogens is 336 g/mol. The summed E-state index contributed by atoms with van der Waals surface area (Å²) >= 11 is 1.37. The summed E-state index contributed by atoms with van der Waals surface area (Å²) in [7, 11) is 1.78. The van der Waals surface area contributed by atoms with E-state index < -0.39 is 0 Å². The highest BCUT2D eigenvalue weighted by atomic mass is 32.2. The lowest BCUT2D eigenvalue weighted by molar-refractivity contribution is -0.132. The van der Waals surface area contributed by atoms with Gasteiger partial charge in [0.25, 0.3) is 0 Å². The Morgan fingerprint density at radius 3 is 2.28 bits per heavy atom. The van der Waals surface area contributed by atoms with Crippen LogP contribution in [0.1, 0.15) is 26.3 Å². The number of benzene rings is 1. The lowest BCUT2D eigenvalue weighted by Crippen LogP contribution is -2.41. The van der Waals surface area contributed by atoms with Crippen molar-refractivity contribution < 1.29 is 14.3 Å². The first-order chi connectivity index (χ1) is 11.8. The van der Waals surface area contributed by atoms with Gasteiger partial charge >= 0.3 is 0 Å². The van der Waals surface area contributed by atoms with Crippen molar-refractivity contribution in [3.05, 3.63) is 29.8 Å². The lowest BCUT2D eigenvalue weighted by Gasteiger charge is -2.26. The van der Waals surface area contributed by atoms with Crippen molar-refractivity contribution in [1.82, 2.24) is 4.90 Å². The molecule has 1 aromatic carbocycles. The summed E-state index contributed by atoms with van der Waals surface area (Å²) in [4.78, 5) is 27.9. The maximum atomic E-state index is 12.3. The van der Waals surface area contributed by atoms with Crippen LogP contribution in [0.5, 0.6) is 0 Å². The number of rotatable bonds is 5. The molecule has 0 atom stereocenters. The van der Waals surface area contributed by atoms with Crippen molar-refractivity contribution in [3.8, 4) is 0 Å². The lowest BCUT2D eigenvalue weighted by atomic mass is 9.87. The van der Waals surface area contributed by atoms with Gasteiger partial charge in [-0.15, -0.1) is 11.8 Å². The van der Waals surface area contributed by atoms with Crippen molar-refractivity contribution in [1.29, 1.82) is 0 Å². The number of hydrogen-bond acceptors (Lipinski definition) is 4. The Morgan fingerprint density at radius 1 is 1.12 bits per heavy atom. The van der Waals surface area contributed by atoms with Gasteiger partial charge in [0.1, 0.15) is 0 Å². The molecule has 0 bridgehead atoms. The van der Waals surface area contributed by atoms with Crippen LogP contribution in [0.4, 0.5) is 5.69 Å². The van der Waals surface area contributed by atoms with Crippen LogP contribution in [0.25, 0.3) is 0 Å². The second kappa shape index (κ2) is 8.72. The summed E-state index contributed by atoms with van der Waals surface area (Å²) in [5.74, 6) is 0.720. The Labute approximate surface area is 154 Å². The van der Waals surface area contributed by atoms with Crippen molar-refractivity contribution in [2.24, 2.45) is 0 Å². The van der Waals surface area contributed by atoms with Gasteiger partial charge in [0, 0.05) is 25.8 Å². The van der Waals surface area contributed by atoms with E-state index in [2.05, 4.69) is 32.9 Å². The summed E-state index contributed by atoms with van der Waals surface area (Å²) < 4.78 is 5.24. The maximum Gasteiger partial charge on any atom is 0.236 e. The van der Waals surface area contributed by atoms with E-state index in [-0.39, 0.29) is 17.2 Å². The van der Waals surface area contributed by atoms with Gasteiger partial charge in [-0.3, -0.25) is 9.59 Å². The number of carbonyl (C=O) groups excluding carboxylic acids is 2. The number of anilines is 1. The van der Waals surface area contributed by atoms with Crippen molar-refractivity contribution in [2.45, 2.75) is 26.2 Å². The van der Waals surface area contributed by atoms with Crippen molar-refractivity contribution in [2.75, 3.05) is 49.8 Å². The highest BCUT2D eigenvalue weighted by molar-refractivity contribution is 8.00. The molecule has 0 aliphatic carbocycles. The molecule has 25 heavy (non-hydrogen) atoms. The predicted molar refractivity (Wildman–Crippen MR) is 103 cm³/mol. The van der Waals surface area contributed by atoms with Crippen LogP contribution in [-0.4, -0.2) is 61.6 Å². The first-order valence-electron chi connectivity index (χ1n) is 8.59. The molecule has 0 spiro atoms. The van der Waals surface area contributed by atoms with Crippen LogP contribution >= 0.6 is 11.8 Å². The van der Waals surface area contributed by atoms with E-state index in [9.17, 15) is 9.59 Å². The average Bonchev–Trinajstić information content (AvgIpc) is 2.61. The molecule has 6 heteroatoms. The number of carbonyl (C=O) groups is 2. The van der Waals surface area contributed by atoms with Gasteiger partial charge in [-0.25, -0.2) is 0 Å². The summed E-state index contributed by atoms with van der Waals surface area (Å²) in [6.07, 6.45) is 0. The molecule has 1 heterocycles. The Hall–Kier alpha value is -1.53. The molecule has 0 N–H and O–H groups in total. The zero-order valence-electron chi connectivity index (χ0n) is 15.6. The highest BCUT2D eigenvalue weighted by Gasteiger charge is 2.18. The molecule has 138 valence electrons. The zero-order chi connectivity index (χ0) is 18.4. The second-order valence-electron chi connectivity index (χ2n) is 7.24. The number of ether oxygens (including phenoxy) is 1. The molecule has 1 aromatic rings. The summed E-state index contributed by atoms with van der Waals surface area (Å²) in [6, 6.07) is 8.08. The molecule has 1 fully saturated rings. The molecule has 2 amide bonds. The van der Waals surface area contributed by atoms with Crippen LogP contribution < -0.4 is 4.90 Å². The Kier molecular flexibility index (Phi) is 6.90. The molecule has 2 rings (SSSR count). The zero-order valence-corrected chi connectivity index (χ0v) is 16.4. The molecule has 1 saturated heterocycles. The third kappa shape index (κ3) is 5.75. The molecule has 0 radical (unpaired) electrons. The molecule has 0 saturated carbocycles. The van der Waals surface area contributed by atoms with Gasteiger partial charge in [-0.05, 0) is 23.1 Å². The number of hydrogen-bond donors (Lipinski definition) is 0. The first kappa shape index (κ1) is 19.8. The Balaban J connectivity index is 1.80. The Morgan fingerprint density at radius 2 is 1.72 bits per heavy atom. The maximum absolute atomic E-state index is 12.3. The topological polar surface area (TPSA) is 49.9 Å². The summed E-state index contributed by atoms with van der Waals surface area (Å²) in [5, 5.41) is 0. The fraction of sp³-hybridized carbons (Fsp3) is 0.579. The minimum absolute atomic E-state index is 0.00304. The van der Waals surface area contributed by atoms with Gasteiger partial charge < -0.3 is 14.5 Å². The first-order valence-corrected chi connectivity index (χ1v) is 9.75. The van der Waals surface area contributed by atoms with Gasteiger partial charge in [0.2, 0.25) is 11.8 Å². The van der Waals surface area contributed by atoms with Gasteiger partial charge in [0.05, 0.1) is 24.7 Å². The predicted octanol–water partition coefficient (Wildman–Crippen LogP) is 2.54. The van der Waals surface area contributed by atoms with Gasteiger partial charge in [-0.1, -0.05) is 32.9 Å². The number of morpholine rings is 1. The molecule has 0 aromatic heterocycles. The fourth-order valence-corrected chi connectivity index (χ4v) is 3.38. The summed E-state index contributed by atoms with van der Waals surface area (Å²) in [6.45, 7) is 8.99. The quantitative estimate of drug-likeness (QED) is 0.806. The molecule has 1 aliphatic rings. The van der Waals surface area contributed by atoms with Crippen LogP contribution in [0.15, 0.2) is 24.3 Å². The molecule has 5 nitrogen and oxygen atoms in total. The second-order valence-corrected chi connectivity index (χ2v) is 8.22. The third-order valence-electron chi connectivity index (χ3n) is 4.31. The van der Waals surface area contributed by atoms with E-state index in [0.717, 1.165) is 5.69 Å². The monoisotopic (exact) mass is 364 g/mol. The number of nitrogens with zero attached hydrogens (tertiary/aromatic N) is 2. The van der Waals surface area contributed by atoms with E-state index in [1.54, 1.807) is 16.8 Å². The van der Waals surface area contributed by atoms with Gasteiger partial charge in [0.15, 0.2) is 0 Å². The van der Waals surface area contributed by atoms with Crippen LogP contribution in [0.2, 0.25) is 0 Å². The van der Waals surface area contributed by atoms with E-state index in [0.29, 0.717) is 37.8 Å². The smallest absolute Gasteiger partial charge is 0.236 e. The molecule has 0 unspecified atom stereocenters. The van der Waals surface area contributed by atoms with Crippen molar-refractivity contribution >= 4 is 29.3 Å². The molecule has 1 aliphatic heterocycles. The highest BCUT2D eigenvalue weighted by Crippen LogP contribution is 2.24. The largest absolute Gasteiger partial charge is 0.378 e. The van der Waals surface area contributed by atoms with E-state index >= 15 is 0 Å². The van der Waals surface area contributed by atoms with Crippen LogP contribution in [0, 0.1) is 0 Å². The Bertz CT molecular complexity index is 590. The van der Waals surface area contributed by atoms with Crippen molar-refractivity contribution in [3.63, 3.8) is 0 Å². The van der Waals surface area contributed by atoms with E-state index in [1.165, 1.54) is 17.3 Å². The van der Waals surface area contributed by atoms with Gasteiger partial charge in [-0.2, -0.15) is 0 Å². The normalized spacial score (nSPS) is 15.1. The number of amides is 2.